The molecule has 0 fully saturated rings. The van der Waals surface area contributed by atoms with Gasteiger partial charge in [-0.25, -0.2) is 0 Å². The Labute approximate surface area is 105 Å². The van der Waals surface area contributed by atoms with Crippen LogP contribution in [0.1, 0.15) is 20.8 Å². The molecule has 17 heavy (non-hydrogen) atoms. The first-order chi connectivity index (χ1) is 8.27. The summed E-state index contributed by atoms with van der Waals surface area (Å²) in [6.45, 7) is 2.59. The Hall–Kier alpha value is -1.45. The molecular formula is C14H14O2S. The summed E-state index contributed by atoms with van der Waals surface area (Å²) in [4.78, 5) is 13.0. The van der Waals surface area contributed by atoms with E-state index >= 15 is 0 Å². The minimum Gasteiger partial charge on any atom is -0.368 e. The van der Waals surface area contributed by atoms with Crippen molar-refractivity contribution in [3.8, 4) is 0 Å². The van der Waals surface area contributed by atoms with Crippen LogP contribution in [0.25, 0.3) is 0 Å². The largest absolute Gasteiger partial charge is 0.368 e. The van der Waals surface area contributed by atoms with E-state index in [-0.39, 0.29) is 12.4 Å². The van der Waals surface area contributed by atoms with Gasteiger partial charge in [0.05, 0.1) is 6.61 Å². The fraction of sp³-hybridized carbons (Fsp3) is 0.214. The first kappa shape index (κ1) is 12.0. The summed E-state index contributed by atoms with van der Waals surface area (Å²) < 4.78 is 5.41. The summed E-state index contributed by atoms with van der Waals surface area (Å²) in [5.41, 5.74) is 1.75. The Bertz CT molecular complexity index is 489. The molecule has 1 aromatic carbocycles. The minimum atomic E-state index is 0.0413. The lowest BCUT2D eigenvalue weighted by Crippen LogP contribution is -2.10. The smallest absolute Gasteiger partial charge is 0.188 e. The summed E-state index contributed by atoms with van der Waals surface area (Å²) in [6, 6.07) is 11.6. The van der Waals surface area contributed by atoms with Crippen LogP contribution in [0.2, 0.25) is 0 Å². The van der Waals surface area contributed by atoms with E-state index in [1.807, 2.05) is 48.7 Å². The van der Waals surface area contributed by atoms with Crippen molar-refractivity contribution in [1.29, 1.82) is 0 Å². The van der Waals surface area contributed by atoms with Crippen molar-refractivity contribution in [2.45, 2.75) is 13.5 Å². The van der Waals surface area contributed by atoms with Gasteiger partial charge in [0.25, 0.3) is 0 Å². The highest BCUT2D eigenvalue weighted by molar-refractivity contribution is 7.09. The van der Waals surface area contributed by atoms with Crippen LogP contribution in [0.15, 0.2) is 41.8 Å². The highest BCUT2D eigenvalue weighted by Crippen LogP contribution is 2.11. The Morgan fingerprint density at radius 3 is 2.76 bits per heavy atom. The van der Waals surface area contributed by atoms with Gasteiger partial charge in [-0.3, -0.25) is 4.79 Å². The van der Waals surface area contributed by atoms with Crippen molar-refractivity contribution in [3.05, 3.63) is 57.8 Å². The third-order valence-electron chi connectivity index (χ3n) is 2.50. The molecule has 0 radical (unpaired) electrons. The standard InChI is InChI=1S/C14H14O2S/c1-11-5-2-3-7-13(11)14(15)10-16-9-12-6-4-8-17-12/h2-8H,9-10H2,1H3. The second-order valence-electron chi connectivity index (χ2n) is 3.81. The highest BCUT2D eigenvalue weighted by atomic mass is 32.1. The lowest BCUT2D eigenvalue weighted by atomic mass is 10.1. The second kappa shape index (κ2) is 5.75. The van der Waals surface area contributed by atoms with Crippen LogP contribution < -0.4 is 0 Å². The van der Waals surface area contributed by atoms with Crippen LogP contribution in [0, 0.1) is 6.92 Å². The number of Topliss-reactive ketones (excluding diaryl/α,β-unsaturated/α-hetero) is 1. The van der Waals surface area contributed by atoms with Crippen LogP contribution >= 0.6 is 11.3 Å². The summed E-state index contributed by atoms with van der Waals surface area (Å²) in [7, 11) is 0. The van der Waals surface area contributed by atoms with Crippen molar-refractivity contribution in [2.75, 3.05) is 6.61 Å². The molecule has 1 aromatic heterocycles. The molecule has 0 atom stereocenters. The zero-order valence-corrected chi connectivity index (χ0v) is 10.5. The first-order valence-electron chi connectivity index (χ1n) is 5.46. The first-order valence-corrected chi connectivity index (χ1v) is 6.34. The predicted molar refractivity (Wildman–Crippen MR) is 69.5 cm³/mol. The monoisotopic (exact) mass is 246 g/mol. The molecule has 2 aromatic rings. The topological polar surface area (TPSA) is 26.3 Å². The summed E-state index contributed by atoms with van der Waals surface area (Å²) >= 11 is 1.64. The second-order valence-corrected chi connectivity index (χ2v) is 4.84. The third-order valence-corrected chi connectivity index (χ3v) is 3.35. The molecule has 0 spiro atoms. The molecule has 2 rings (SSSR count). The average Bonchev–Trinajstić information content (AvgIpc) is 2.82. The molecule has 0 aliphatic heterocycles. The Kier molecular flexibility index (Phi) is 4.07. The number of benzene rings is 1. The molecule has 0 saturated heterocycles. The van der Waals surface area contributed by atoms with Gasteiger partial charge in [0.1, 0.15) is 6.61 Å². The Balaban J connectivity index is 1.88. The fourth-order valence-corrected chi connectivity index (χ4v) is 2.24. The van der Waals surface area contributed by atoms with E-state index in [1.54, 1.807) is 11.3 Å². The lowest BCUT2D eigenvalue weighted by Gasteiger charge is -2.05. The molecule has 0 aliphatic carbocycles. The molecular weight excluding hydrogens is 232 g/mol. The number of rotatable bonds is 5. The molecule has 3 heteroatoms. The number of carbonyl (C=O) groups excluding carboxylic acids is 1. The van der Waals surface area contributed by atoms with E-state index < -0.39 is 0 Å². The van der Waals surface area contributed by atoms with Crippen LogP contribution in [0.4, 0.5) is 0 Å². The van der Waals surface area contributed by atoms with E-state index in [9.17, 15) is 4.79 Å². The van der Waals surface area contributed by atoms with E-state index in [2.05, 4.69) is 0 Å². The van der Waals surface area contributed by atoms with Crippen LogP contribution in [0.3, 0.4) is 0 Å². The van der Waals surface area contributed by atoms with E-state index in [0.29, 0.717) is 6.61 Å². The van der Waals surface area contributed by atoms with E-state index in [1.165, 1.54) is 0 Å². The fourth-order valence-electron chi connectivity index (χ4n) is 1.60. The normalized spacial score (nSPS) is 10.4. The molecule has 0 N–H and O–H groups in total. The summed E-state index contributed by atoms with van der Waals surface area (Å²) in [6.07, 6.45) is 0. The van der Waals surface area contributed by atoms with Crippen molar-refractivity contribution >= 4 is 17.1 Å². The number of thiophene rings is 1. The number of hydrogen-bond donors (Lipinski definition) is 0. The van der Waals surface area contributed by atoms with Crippen molar-refractivity contribution in [3.63, 3.8) is 0 Å². The van der Waals surface area contributed by atoms with Gasteiger partial charge in [0.15, 0.2) is 5.78 Å². The van der Waals surface area contributed by atoms with Crippen molar-refractivity contribution < 1.29 is 9.53 Å². The summed E-state index contributed by atoms with van der Waals surface area (Å²) in [5, 5.41) is 2.00. The number of ketones is 1. The number of hydrogen-bond acceptors (Lipinski definition) is 3. The van der Waals surface area contributed by atoms with Crippen molar-refractivity contribution in [1.82, 2.24) is 0 Å². The van der Waals surface area contributed by atoms with Gasteiger partial charge >= 0.3 is 0 Å². The van der Waals surface area contributed by atoms with Gasteiger partial charge in [0.2, 0.25) is 0 Å². The molecule has 1 heterocycles. The van der Waals surface area contributed by atoms with Crippen LogP contribution in [0.5, 0.6) is 0 Å². The quantitative estimate of drug-likeness (QED) is 0.755. The SMILES string of the molecule is Cc1ccccc1C(=O)COCc1cccs1. The molecule has 0 aliphatic rings. The minimum absolute atomic E-state index is 0.0413. The summed E-state index contributed by atoms with van der Waals surface area (Å²) in [5.74, 6) is 0.0413. The highest BCUT2D eigenvalue weighted by Gasteiger charge is 2.08. The van der Waals surface area contributed by atoms with Gasteiger partial charge in [-0.1, -0.05) is 30.3 Å². The van der Waals surface area contributed by atoms with Gasteiger partial charge in [-0.2, -0.15) is 0 Å². The van der Waals surface area contributed by atoms with E-state index in [4.69, 9.17) is 4.74 Å². The van der Waals surface area contributed by atoms with Gasteiger partial charge in [-0.05, 0) is 23.9 Å². The lowest BCUT2D eigenvalue weighted by molar-refractivity contribution is 0.0731. The molecule has 0 amide bonds. The molecule has 0 saturated carbocycles. The maximum atomic E-state index is 11.9. The van der Waals surface area contributed by atoms with Crippen molar-refractivity contribution in [2.24, 2.45) is 0 Å². The number of aryl methyl sites for hydroxylation is 1. The molecule has 0 bridgehead atoms. The average molecular weight is 246 g/mol. The van der Waals surface area contributed by atoms with Crippen LogP contribution in [-0.2, 0) is 11.3 Å². The zero-order valence-electron chi connectivity index (χ0n) is 9.68. The molecule has 2 nitrogen and oxygen atoms in total. The predicted octanol–water partition coefficient (Wildman–Crippen LogP) is 3.46. The van der Waals surface area contributed by atoms with Gasteiger partial charge < -0.3 is 4.74 Å². The number of ether oxygens (including phenoxy) is 1. The Morgan fingerprint density at radius 1 is 1.24 bits per heavy atom. The van der Waals surface area contributed by atoms with Crippen LogP contribution in [-0.4, -0.2) is 12.4 Å². The number of carbonyl (C=O) groups is 1. The molecule has 88 valence electrons. The Morgan fingerprint density at radius 2 is 2.06 bits per heavy atom. The third kappa shape index (κ3) is 3.25. The maximum Gasteiger partial charge on any atom is 0.188 e. The maximum absolute atomic E-state index is 11.9. The van der Waals surface area contributed by atoms with Gasteiger partial charge in [-0.15, -0.1) is 11.3 Å². The van der Waals surface area contributed by atoms with E-state index in [0.717, 1.165) is 16.0 Å². The zero-order chi connectivity index (χ0) is 12.1. The van der Waals surface area contributed by atoms with Gasteiger partial charge in [0, 0.05) is 10.4 Å². The molecule has 0 unspecified atom stereocenters.